The van der Waals surface area contributed by atoms with Crippen molar-refractivity contribution in [3.63, 3.8) is 0 Å². The fourth-order valence-electron chi connectivity index (χ4n) is 1.58. The molecule has 0 heterocycles. The van der Waals surface area contributed by atoms with Crippen LogP contribution in [0, 0.1) is 0 Å². The highest BCUT2D eigenvalue weighted by Gasteiger charge is 2.25. The van der Waals surface area contributed by atoms with E-state index in [0.29, 0.717) is 5.56 Å². The van der Waals surface area contributed by atoms with E-state index >= 15 is 0 Å². The van der Waals surface area contributed by atoms with Crippen LogP contribution in [0.1, 0.15) is 32.4 Å². The predicted molar refractivity (Wildman–Crippen MR) is 79.3 cm³/mol. The maximum atomic E-state index is 11.7. The number of carbonyl (C=O) groups excluding carboxylic acids is 1. The Morgan fingerprint density at radius 3 is 2.35 bits per heavy atom. The van der Waals surface area contributed by atoms with Crippen molar-refractivity contribution in [2.45, 2.75) is 38.5 Å². The maximum Gasteiger partial charge on any atom is 0.408 e. The van der Waals surface area contributed by atoms with Crippen LogP contribution < -0.4 is 5.32 Å². The molecule has 1 aromatic rings. The third-order valence-corrected chi connectivity index (χ3v) is 3.02. The number of rotatable bonds is 4. The van der Waals surface area contributed by atoms with Crippen LogP contribution in [-0.4, -0.2) is 34.6 Å². The zero-order valence-corrected chi connectivity index (χ0v) is 13.3. The first-order valence-electron chi connectivity index (χ1n) is 6.27. The summed E-state index contributed by atoms with van der Waals surface area (Å²) in [5.41, 5.74) is -0.0320. The quantitative estimate of drug-likeness (QED) is 0.782. The second kappa shape index (κ2) is 7.06. The second-order valence-corrected chi connectivity index (χ2v) is 6.35. The van der Waals surface area contributed by atoms with Crippen molar-refractivity contribution in [3.05, 3.63) is 34.3 Å². The molecule has 0 aromatic heterocycles. The highest BCUT2D eigenvalue weighted by Crippen LogP contribution is 2.20. The van der Waals surface area contributed by atoms with E-state index < -0.39 is 30.4 Å². The molecular weight excluding hydrogens is 326 g/mol. The Bertz CT molecular complexity index is 441. The Labute approximate surface area is 127 Å². The Morgan fingerprint density at radius 2 is 1.90 bits per heavy atom. The molecule has 3 N–H and O–H groups in total. The summed E-state index contributed by atoms with van der Waals surface area (Å²) in [5, 5.41) is 22.0. The van der Waals surface area contributed by atoms with Crippen LogP contribution >= 0.6 is 15.9 Å². The molecule has 1 rings (SSSR count). The molecule has 0 unspecified atom stereocenters. The number of nitrogens with one attached hydrogen (secondary N) is 1. The maximum absolute atomic E-state index is 11.7. The van der Waals surface area contributed by atoms with Crippen LogP contribution in [0.3, 0.4) is 0 Å². The van der Waals surface area contributed by atoms with Gasteiger partial charge in [0.25, 0.3) is 0 Å². The van der Waals surface area contributed by atoms with E-state index in [0.717, 1.165) is 4.47 Å². The third-order valence-electron chi connectivity index (χ3n) is 2.49. The van der Waals surface area contributed by atoms with Gasteiger partial charge in [0, 0.05) is 4.47 Å². The molecule has 5 nitrogen and oxygen atoms in total. The molecule has 1 aromatic carbocycles. The van der Waals surface area contributed by atoms with Crippen LogP contribution in [-0.2, 0) is 4.74 Å². The normalized spacial score (nSPS) is 14.5. The standard InChI is InChI=1S/C14H20BrNO4/c1-14(2,3)20-13(19)16-11(8-17)12(18)9-4-6-10(15)7-5-9/h4-7,11-12,17-18H,8H2,1-3H3,(H,16,19)/t11-,12-/m1/s1. The third kappa shape index (κ3) is 5.48. The van der Waals surface area contributed by atoms with Crippen molar-refractivity contribution in [3.8, 4) is 0 Å². The molecular formula is C14H20BrNO4. The lowest BCUT2D eigenvalue weighted by Gasteiger charge is -2.25. The lowest BCUT2D eigenvalue weighted by Crippen LogP contribution is -2.44. The van der Waals surface area contributed by atoms with Crippen LogP contribution in [0.5, 0.6) is 0 Å². The topological polar surface area (TPSA) is 78.8 Å². The van der Waals surface area contributed by atoms with Gasteiger partial charge in [-0.05, 0) is 38.5 Å². The van der Waals surface area contributed by atoms with E-state index in [1.807, 2.05) is 0 Å². The van der Waals surface area contributed by atoms with Crippen LogP contribution in [0.4, 0.5) is 4.79 Å². The fourth-order valence-corrected chi connectivity index (χ4v) is 1.84. The first-order valence-corrected chi connectivity index (χ1v) is 7.06. The average molecular weight is 346 g/mol. The molecule has 0 saturated heterocycles. The van der Waals surface area contributed by atoms with Gasteiger partial charge in [-0.2, -0.15) is 0 Å². The predicted octanol–water partition coefficient (Wildman–Crippen LogP) is 2.37. The summed E-state index contributed by atoms with van der Waals surface area (Å²) in [6.45, 7) is 4.83. The molecule has 0 spiro atoms. The van der Waals surface area contributed by atoms with E-state index in [2.05, 4.69) is 21.2 Å². The zero-order chi connectivity index (χ0) is 15.3. The lowest BCUT2D eigenvalue weighted by atomic mass is 10.0. The van der Waals surface area contributed by atoms with Gasteiger partial charge in [0.05, 0.1) is 12.6 Å². The molecule has 0 radical (unpaired) electrons. The fraction of sp³-hybridized carbons (Fsp3) is 0.500. The highest BCUT2D eigenvalue weighted by molar-refractivity contribution is 9.10. The van der Waals surface area contributed by atoms with Crippen molar-refractivity contribution in [1.82, 2.24) is 5.32 Å². The number of halogens is 1. The molecule has 6 heteroatoms. The van der Waals surface area contributed by atoms with Gasteiger partial charge in [0.15, 0.2) is 0 Å². The number of benzene rings is 1. The zero-order valence-electron chi connectivity index (χ0n) is 11.8. The number of amides is 1. The molecule has 0 saturated carbocycles. The minimum absolute atomic E-state index is 0.392. The summed E-state index contributed by atoms with van der Waals surface area (Å²) in [7, 11) is 0. The van der Waals surface area contributed by atoms with E-state index in [4.69, 9.17) is 4.74 Å². The molecule has 0 fully saturated rings. The largest absolute Gasteiger partial charge is 0.444 e. The molecule has 0 aliphatic carbocycles. The van der Waals surface area contributed by atoms with Gasteiger partial charge in [-0.25, -0.2) is 4.79 Å². The summed E-state index contributed by atoms with van der Waals surface area (Å²) in [6, 6.07) is 6.16. The second-order valence-electron chi connectivity index (χ2n) is 5.43. The van der Waals surface area contributed by atoms with Crippen molar-refractivity contribution in [2.75, 3.05) is 6.61 Å². The van der Waals surface area contributed by atoms with Gasteiger partial charge in [-0.3, -0.25) is 0 Å². The Morgan fingerprint density at radius 1 is 1.35 bits per heavy atom. The summed E-state index contributed by atoms with van der Waals surface area (Å²) < 4.78 is 5.98. The number of aliphatic hydroxyl groups excluding tert-OH is 2. The van der Waals surface area contributed by atoms with E-state index in [1.54, 1.807) is 45.0 Å². The molecule has 2 atom stereocenters. The summed E-state index contributed by atoms with van der Waals surface area (Å²) in [5.74, 6) is 0. The average Bonchev–Trinajstić information content (AvgIpc) is 2.34. The number of carbonyl (C=O) groups is 1. The number of hydrogen-bond donors (Lipinski definition) is 3. The molecule has 112 valence electrons. The smallest absolute Gasteiger partial charge is 0.408 e. The summed E-state index contributed by atoms with van der Waals surface area (Å²) in [4.78, 5) is 11.7. The molecule has 20 heavy (non-hydrogen) atoms. The Kier molecular flexibility index (Phi) is 5.98. The van der Waals surface area contributed by atoms with E-state index in [9.17, 15) is 15.0 Å². The molecule has 0 aliphatic heterocycles. The van der Waals surface area contributed by atoms with E-state index in [-0.39, 0.29) is 0 Å². The number of alkyl carbamates (subject to hydrolysis) is 1. The molecule has 0 aliphatic rings. The summed E-state index contributed by atoms with van der Waals surface area (Å²) in [6.07, 6.45) is -1.69. The number of hydrogen-bond acceptors (Lipinski definition) is 4. The lowest BCUT2D eigenvalue weighted by molar-refractivity contribution is 0.0349. The molecule has 1 amide bonds. The van der Waals surface area contributed by atoms with Crippen molar-refractivity contribution in [2.24, 2.45) is 0 Å². The SMILES string of the molecule is CC(C)(C)OC(=O)N[C@H](CO)[C@H](O)c1ccc(Br)cc1. The van der Waals surface area contributed by atoms with Gasteiger partial charge in [0.2, 0.25) is 0 Å². The monoisotopic (exact) mass is 345 g/mol. The van der Waals surface area contributed by atoms with Crippen LogP contribution in [0.15, 0.2) is 28.7 Å². The van der Waals surface area contributed by atoms with Gasteiger partial charge in [-0.1, -0.05) is 28.1 Å². The Balaban J connectivity index is 2.70. The summed E-state index contributed by atoms with van der Waals surface area (Å²) >= 11 is 3.30. The first kappa shape index (κ1) is 16.9. The first-order chi connectivity index (χ1) is 9.23. The van der Waals surface area contributed by atoms with Crippen molar-refractivity contribution in [1.29, 1.82) is 0 Å². The van der Waals surface area contributed by atoms with Gasteiger partial charge >= 0.3 is 6.09 Å². The minimum Gasteiger partial charge on any atom is -0.444 e. The Hall–Kier alpha value is -1.11. The van der Waals surface area contributed by atoms with Crippen molar-refractivity contribution >= 4 is 22.0 Å². The van der Waals surface area contributed by atoms with Crippen LogP contribution in [0.25, 0.3) is 0 Å². The van der Waals surface area contributed by atoms with Crippen LogP contribution in [0.2, 0.25) is 0 Å². The number of aliphatic hydroxyl groups is 2. The minimum atomic E-state index is -1.01. The van der Waals surface area contributed by atoms with Gasteiger partial charge in [0.1, 0.15) is 11.7 Å². The number of ether oxygens (including phenoxy) is 1. The van der Waals surface area contributed by atoms with E-state index in [1.165, 1.54) is 0 Å². The van der Waals surface area contributed by atoms with Gasteiger partial charge < -0.3 is 20.3 Å². The molecule has 0 bridgehead atoms. The highest BCUT2D eigenvalue weighted by atomic mass is 79.9. The van der Waals surface area contributed by atoms with Gasteiger partial charge in [-0.15, -0.1) is 0 Å². The van der Waals surface area contributed by atoms with Crippen molar-refractivity contribution < 1.29 is 19.7 Å².